The second kappa shape index (κ2) is 11.3. The van der Waals surface area contributed by atoms with Gasteiger partial charge in [0.2, 0.25) is 0 Å². The summed E-state index contributed by atoms with van der Waals surface area (Å²) in [5, 5.41) is 6.54. The van der Waals surface area contributed by atoms with Crippen LogP contribution in [-0.2, 0) is 32.0 Å². The van der Waals surface area contributed by atoms with Crippen molar-refractivity contribution in [3.05, 3.63) is 119 Å². The van der Waals surface area contributed by atoms with E-state index in [0.29, 0.717) is 12.1 Å². The number of amides is 1. The molecule has 5 rings (SSSR count). The minimum Gasteiger partial charge on any atom is -0.466 e. The number of benzene rings is 3. The van der Waals surface area contributed by atoms with Gasteiger partial charge in [0.05, 0.1) is 24.3 Å². The molecule has 0 saturated heterocycles. The van der Waals surface area contributed by atoms with Crippen LogP contribution in [0.25, 0.3) is 0 Å². The molecule has 3 unspecified atom stereocenters. The SMILES string of the molecule is COC(=O)C1=C(C(=O)Nc2ccc(CN(C)C)cc2)C2C=CC1(C(Cc1ccccc1)Nc1ccccc1)O2. The standard InChI is InChI=1S/C32H33N3O4/c1-35(2)21-23-14-16-25(17-15-23)34-30(36)28-26-18-19-32(39-26,29(28)31(37)38-3)27(20-22-10-6-4-7-11-22)33-24-12-8-5-9-13-24/h4-19,26-27,33H,20-21H2,1-3H3,(H,34,36). The summed E-state index contributed by atoms with van der Waals surface area (Å²) in [7, 11) is 5.34. The third-order valence-electron chi connectivity index (χ3n) is 7.04. The Bertz CT molecular complexity index is 1340. The Kier molecular flexibility index (Phi) is 7.63. The Hall–Kier alpha value is -4.20. The van der Waals surface area contributed by atoms with Gasteiger partial charge in [0.15, 0.2) is 0 Å². The molecule has 2 heterocycles. The predicted octanol–water partition coefficient (Wildman–Crippen LogP) is 4.59. The lowest BCUT2D eigenvalue weighted by atomic mass is 9.78. The molecular formula is C32H33N3O4. The number of esters is 1. The van der Waals surface area contributed by atoms with Gasteiger partial charge >= 0.3 is 5.97 Å². The molecule has 1 amide bonds. The molecule has 2 bridgehead atoms. The van der Waals surface area contributed by atoms with Crippen LogP contribution in [0.3, 0.4) is 0 Å². The number of anilines is 2. The highest BCUT2D eigenvalue weighted by Crippen LogP contribution is 2.47. The second-order valence-electron chi connectivity index (χ2n) is 10.1. The van der Waals surface area contributed by atoms with Crippen molar-refractivity contribution in [2.24, 2.45) is 0 Å². The Balaban J connectivity index is 1.50. The highest BCUT2D eigenvalue weighted by Gasteiger charge is 2.58. The number of carbonyl (C=O) groups excluding carboxylic acids is 2. The summed E-state index contributed by atoms with van der Waals surface area (Å²) in [6.07, 6.45) is 3.63. The molecule has 39 heavy (non-hydrogen) atoms. The smallest absolute Gasteiger partial charge is 0.337 e. The average molecular weight is 524 g/mol. The van der Waals surface area contributed by atoms with Crippen molar-refractivity contribution in [2.75, 3.05) is 31.8 Å². The van der Waals surface area contributed by atoms with Crippen LogP contribution in [-0.4, -0.2) is 55.7 Å². The van der Waals surface area contributed by atoms with Gasteiger partial charge in [-0.2, -0.15) is 0 Å². The van der Waals surface area contributed by atoms with E-state index in [1.165, 1.54) is 7.11 Å². The maximum Gasteiger partial charge on any atom is 0.337 e. The summed E-state index contributed by atoms with van der Waals surface area (Å²) in [5.41, 5.74) is 3.04. The zero-order chi connectivity index (χ0) is 27.4. The first kappa shape index (κ1) is 26.4. The monoisotopic (exact) mass is 523 g/mol. The van der Waals surface area contributed by atoms with Crippen molar-refractivity contribution < 1.29 is 19.1 Å². The number of fused-ring (bicyclic) bond motifs is 2. The number of ether oxygens (including phenoxy) is 2. The summed E-state index contributed by atoms with van der Waals surface area (Å²) < 4.78 is 11.7. The topological polar surface area (TPSA) is 79.9 Å². The van der Waals surface area contributed by atoms with Crippen LogP contribution >= 0.6 is 0 Å². The van der Waals surface area contributed by atoms with Crippen molar-refractivity contribution in [1.29, 1.82) is 0 Å². The van der Waals surface area contributed by atoms with Gasteiger partial charge in [0.25, 0.3) is 5.91 Å². The normalized spacial score (nSPS) is 20.3. The van der Waals surface area contributed by atoms with Gasteiger partial charge < -0.3 is 25.0 Å². The fourth-order valence-electron chi connectivity index (χ4n) is 5.31. The van der Waals surface area contributed by atoms with E-state index in [4.69, 9.17) is 9.47 Å². The second-order valence-corrected chi connectivity index (χ2v) is 10.1. The molecule has 3 aromatic rings. The zero-order valence-electron chi connectivity index (χ0n) is 22.4. The van der Waals surface area contributed by atoms with E-state index in [-0.39, 0.29) is 17.1 Å². The molecule has 3 aromatic carbocycles. The number of para-hydroxylation sites is 1. The van der Waals surface area contributed by atoms with Crippen LogP contribution in [0.1, 0.15) is 11.1 Å². The van der Waals surface area contributed by atoms with Crippen molar-refractivity contribution >= 4 is 23.3 Å². The molecule has 3 atom stereocenters. The zero-order valence-corrected chi connectivity index (χ0v) is 22.4. The number of carbonyl (C=O) groups is 2. The third-order valence-corrected chi connectivity index (χ3v) is 7.04. The summed E-state index contributed by atoms with van der Waals surface area (Å²) >= 11 is 0. The van der Waals surface area contributed by atoms with Crippen LogP contribution in [0.5, 0.6) is 0 Å². The fourth-order valence-corrected chi connectivity index (χ4v) is 5.31. The molecule has 0 spiro atoms. The Labute approximate surface area is 229 Å². The molecule has 0 saturated carbocycles. The molecule has 0 aromatic heterocycles. The first-order valence-electron chi connectivity index (χ1n) is 13.0. The van der Waals surface area contributed by atoms with Crippen LogP contribution in [0.15, 0.2) is 108 Å². The molecule has 0 radical (unpaired) electrons. The summed E-state index contributed by atoms with van der Waals surface area (Å²) in [4.78, 5) is 29.1. The van der Waals surface area contributed by atoms with Gasteiger partial charge in [-0.25, -0.2) is 4.79 Å². The van der Waals surface area contributed by atoms with Crippen molar-refractivity contribution in [2.45, 2.75) is 30.7 Å². The van der Waals surface area contributed by atoms with Crippen molar-refractivity contribution in [3.8, 4) is 0 Å². The minimum absolute atomic E-state index is 0.226. The number of hydrogen-bond donors (Lipinski definition) is 2. The maximum atomic E-state index is 13.7. The van der Waals surface area contributed by atoms with Gasteiger partial charge in [-0.3, -0.25) is 4.79 Å². The van der Waals surface area contributed by atoms with Crippen LogP contribution < -0.4 is 10.6 Å². The van der Waals surface area contributed by atoms with E-state index in [9.17, 15) is 9.59 Å². The molecule has 7 nitrogen and oxygen atoms in total. The van der Waals surface area contributed by atoms with Crippen LogP contribution in [0, 0.1) is 0 Å². The van der Waals surface area contributed by atoms with E-state index in [0.717, 1.165) is 23.4 Å². The number of nitrogens with zero attached hydrogens (tertiary/aromatic N) is 1. The quantitative estimate of drug-likeness (QED) is 0.299. The van der Waals surface area contributed by atoms with Gasteiger partial charge in [-0.15, -0.1) is 0 Å². The highest BCUT2D eigenvalue weighted by molar-refractivity contribution is 6.12. The lowest BCUT2D eigenvalue weighted by Crippen LogP contribution is -2.49. The Morgan fingerprint density at radius 1 is 0.923 bits per heavy atom. The molecule has 0 aliphatic carbocycles. The number of nitrogens with one attached hydrogen (secondary N) is 2. The predicted molar refractivity (Wildman–Crippen MR) is 152 cm³/mol. The van der Waals surface area contributed by atoms with E-state index in [2.05, 4.69) is 15.5 Å². The molecule has 2 aliphatic heterocycles. The van der Waals surface area contributed by atoms with Crippen molar-refractivity contribution in [3.63, 3.8) is 0 Å². The van der Waals surface area contributed by atoms with Gasteiger partial charge in [0, 0.05) is 17.9 Å². The number of rotatable bonds is 10. The molecule has 2 aliphatic rings. The third kappa shape index (κ3) is 5.50. The summed E-state index contributed by atoms with van der Waals surface area (Å²) in [5.74, 6) is -0.966. The van der Waals surface area contributed by atoms with Crippen molar-refractivity contribution in [1.82, 2.24) is 4.90 Å². The first-order chi connectivity index (χ1) is 18.9. The lowest BCUT2D eigenvalue weighted by Gasteiger charge is -2.36. The molecule has 200 valence electrons. The molecule has 7 heteroatoms. The van der Waals surface area contributed by atoms with E-state index in [1.54, 1.807) is 0 Å². The van der Waals surface area contributed by atoms with Gasteiger partial charge in [0.1, 0.15) is 11.7 Å². The van der Waals surface area contributed by atoms with E-state index >= 15 is 0 Å². The Morgan fingerprint density at radius 2 is 1.59 bits per heavy atom. The van der Waals surface area contributed by atoms with Crippen LogP contribution in [0.2, 0.25) is 0 Å². The Morgan fingerprint density at radius 3 is 2.23 bits per heavy atom. The summed E-state index contributed by atoms with van der Waals surface area (Å²) in [6.45, 7) is 0.798. The average Bonchev–Trinajstić information content (AvgIpc) is 3.53. The van der Waals surface area contributed by atoms with E-state index < -0.39 is 23.7 Å². The van der Waals surface area contributed by atoms with E-state index in [1.807, 2.05) is 111 Å². The summed E-state index contributed by atoms with van der Waals surface area (Å²) in [6, 6.07) is 27.1. The fraction of sp³-hybridized carbons (Fsp3) is 0.250. The number of methoxy groups -OCH3 is 1. The van der Waals surface area contributed by atoms with Gasteiger partial charge in [-0.1, -0.05) is 66.7 Å². The first-order valence-corrected chi connectivity index (χ1v) is 13.0. The van der Waals surface area contributed by atoms with Crippen LogP contribution in [0.4, 0.5) is 11.4 Å². The molecule has 2 N–H and O–H groups in total. The minimum atomic E-state index is -1.19. The number of hydrogen-bond acceptors (Lipinski definition) is 6. The highest BCUT2D eigenvalue weighted by atomic mass is 16.5. The largest absolute Gasteiger partial charge is 0.466 e. The molecular weight excluding hydrogens is 490 g/mol. The lowest BCUT2D eigenvalue weighted by molar-refractivity contribution is -0.138. The maximum absolute atomic E-state index is 13.7. The van der Waals surface area contributed by atoms with Gasteiger partial charge in [-0.05, 0) is 62.0 Å². The molecule has 0 fully saturated rings.